The maximum Gasteiger partial charge on any atom is 0.271 e. The van der Waals surface area contributed by atoms with Crippen molar-refractivity contribution in [2.45, 2.75) is 44.2 Å². The molecule has 0 spiro atoms. The number of nitrogens with zero attached hydrogens (tertiary/aromatic N) is 2. The van der Waals surface area contributed by atoms with Crippen molar-refractivity contribution >= 4 is 38.3 Å². The van der Waals surface area contributed by atoms with Crippen molar-refractivity contribution in [2.24, 2.45) is 5.92 Å². The van der Waals surface area contributed by atoms with Crippen LogP contribution < -0.4 is 25.9 Å². The van der Waals surface area contributed by atoms with E-state index in [4.69, 9.17) is 4.74 Å². The van der Waals surface area contributed by atoms with Crippen molar-refractivity contribution in [3.8, 4) is 5.75 Å². The summed E-state index contributed by atoms with van der Waals surface area (Å²) in [7, 11) is 1.53. The van der Waals surface area contributed by atoms with Gasteiger partial charge in [0.1, 0.15) is 15.9 Å². The Morgan fingerprint density at radius 2 is 2.06 bits per heavy atom. The van der Waals surface area contributed by atoms with Crippen LogP contribution in [0.15, 0.2) is 15.7 Å². The number of hydrogen-bond acceptors (Lipinski definition) is 6. The van der Waals surface area contributed by atoms with E-state index < -0.39 is 16.8 Å². The zero-order valence-electron chi connectivity index (χ0n) is 17.4. The predicted octanol–water partition coefficient (Wildman–Crippen LogP) is 2.97. The minimum absolute atomic E-state index is 0.117. The molecule has 0 radical (unpaired) electrons. The SMILES string of the molecule is COc1c(N2CCC(CNC3CC3)C2)c(F)cc2c(=O)c3c(=O)[nH]sc3n(C3CC3)c12. The first kappa shape index (κ1) is 19.3. The smallest absolute Gasteiger partial charge is 0.271 e. The lowest BCUT2D eigenvalue weighted by Crippen LogP contribution is -2.28. The van der Waals surface area contributed by atoms with Crippen LogP contribution in [0.2, 0.25) is 0 Å². The molecule has 164 valence electrons. The van der Waals surface area contributed by atoms with Gasteiger partial charge >= 0.3 is 0 Å². The molecule has 2 N–H and O–H groups in total. The molecule has 3 aliphatic rings. The quantitative estimate of drug-likeness (QED) is 0.611. The molecule has 9 heteroatoms. The second-order valence-electron chi connectivity index (χ2n) is 9.06. The third-order valence-corrected chi connectivity index (χ3v) is 7.67. The monoisotopic (exact) mass is 444 g/mol. The Morgan fingerprint density at radius 3 is 2.77 bits per heavy atom. The minimum atomic E-state index is -0.467. The first-order chi connectivity index (χ1) is 15.1. The summed E-state index contributed by atoms with van der Waals surface area (Å²) in [6, 6.07) is 2.16. The second-order valence-corrected chi connectivity index (χ2v) is 9.86. The molecule has 1 saturated heterocycles. The van der Waals surface area contributed by atoms with Crippen LogP contribution in [0.5, 0.6) is 5.75 Å². The van der Waals surface area contributed by atoms with Gasteiger partial charge in [-0.25, -0.2) is 4.39 Å². The van der Waals surface area contributed by atoms with Crippen molar-refractivity contribution in [3.63, 3.8) is 0 Å². The molecule has 7 nitrogen and oxygen atoms in total. The van der Waals surface area contributed by atoms with Crippen molar-refractivity contribution in [1.29, 1.82) is 0 Å². The van der Waals surface area contributed by atoms with E-state index in [0.29, 0.717) is 33.7 Å². The third-order valence-electron chi connectivity index (χ3n) is 6.79. The molecule has 1 atom stereocenters. The fraction of sp³-hybridized carbons (Fsp3) is 0.545. The molecule has 1 aliphatic heterocycles. The van der Waals surface area contributed by atoms with Crippen LogP contribution in [0.4, 0.5) is 10.1 Å². The zero-order valence-corrected chi connectivity index (χ0v) is 18.2. The summed E-state index contributed by atoms with van der Waals surface area (Å²) in [6.07, 6.45) is 5.43. The van der Waals surface area contributed by atoms with Gasteiger partial charge in [0.2, 0.25) is 5.43 Å². The number of rotatable bonds is 6. The van der Waals surface area contributed by atoms with Gasteiger partial charge in [0, 0.05) is 25.2 Å². The van der Waals surface area contributed by atoms with Crippen LogP contribution in [0.1, 0.15) is 38.1 Å². The molecule has 1 aromatic carbocycles. The second kappa shape index (κ2) is 7.06. The van der Waals surface area contributed by atoms with Crippen molar-refractivity contribution in [3.05, 3.63) is 32.5 Å². The summed E-state index contributed by atoms with van der Waals surface area (Å²) in [6.45, 7) is 2.46. The number of fused-ring (bicyclic) bond motifs is 2. The van der Waals surface area contributed by atoms with Crippen LogP contribution in [0.3, 0.4) is 0 Å². The highest BCUT2D eigenvalue weighted by Gasteiger charge is 2.34. The highest BCUT2D eigenvalue weighted by Crippen LogP contribution is 2.46. The Hall–Kier alpha value is -2.39. The Kier molecular flexibility index (Phi) is 4.40. The number of benzene rings is 1. The van der Waals surface area contributed by atoms with E-state index in [-0.39, 0.29) is 16.8 Å². The lowest BCUT2D eigenvalue weighted by Gasteiger charge is -2.25. The molecule has 31 heavy (non-hydrogen) atoms. The fourth-order valence-electron chi connectivity index (χ4n) is 4.91. The molecule has 3 fully saturated rings. The minimum Gasteiger partial charge on any atom is -0.492 e. The first-order valence-corrected chi connectivity index (χ1v) is 11.8. The van der Waals surface area contributed by atoms with E-state index in [1.807, 2.05) is 4.57 Å². The van der Waals surface area contributed by atoms with Crippen LogP contribution in [0.25, 0.3) is 21.1 Å². The van der Waals surface area contributed by atoms with E-state index in [1.165, 1.54) is 37.6 Å². The average molecular weight is 445 g/mol. The lowest BCUT2D eigenvalue weighted by atomic mass is 10.1. The number of methoxy groups -OCH3 is 1. The van der Waals surface area contributed by atoms with Gasteiger partial charge in [-0.1, -0.05) is 0 Å². The van der Waals surface area contributed by atoms with Crippen molar-refractivity contribution < 1.29 is 9.13 Å². The van der Waals surface area contributed by atoms with Gasteiger partial charge in [0.15, 0.2) is 11.6 Å². The molecule has 0 bridgehead atoms. The van der Waals surface area contributed by atoms with E-state index in [1.54, 1.807) is 0 Å². The zero-order chi connectivity index (χ0) is 21.3. The Balaban J connectivity index is 1.52. The van der Waals surface area contributed by atoms with Gasteiger partial charge in [-0.05, 0) is 62.2 Å². The van der Waals surface area contributed by atoms with Crippen LogP contribution in [-0.2, 0) is 0 Å². The number of aromatic amines is 1. The molecule has 3 heterocycles. The van der Waals surface area contributed by atoms with E-state index in [2.05, 4.69) is 14.6 Å². The van der Waals surface area contributed by atoms with Gasteiger partial charge in [-0.3, -0.25) is 14.0 Å². The van der Waals surface area contributed by atoms with Gasteiger partial charge < -0.3 is 19.5 Å². The number of pyridine rings is 1. The van der Waals surface area contributed by atoms with Crippen LogP contribution >= 0.6 is 11.5 Å². The highest BCUT2D eigenvalue weighted by atomic mass is 32.1. The summed E-state index contributed by atoms with van der Waals surface area (Å²) < 4.78 is 26.0. The predicted molar refractivity (Wildman–Crippen MR) is 120 cm³/mol. The number of aromatic nitrogens is 2. The van der Waals surface area contributed by atoms with Crippen LogP contribution in [0, 0.1) is 11.7 Å². The number of hydrogen-bond donors (Lipinski definition) is 2. The molecule has 0 amide bonds. The van der Waals surface area contributed by atoms with E-state index in [9.17, 15) is 9.59 Å². The molecule has 6 rings (SSSR count). The Morgan fingerprint density at radius 1 is 1.26 bits per heavy atom. The summed E-state index contributed by atoms with van der Waals surface area (Å²) >= 11 is 1.17. The number of H-pyrrole nitrogens is 1. The molecule has 3 aromatic rings. The fourth-order valence-corrected chi connectivity index (χ4v) is 5.83. The molecule has 2 saturated carbocycles. The van der Waals surface area contributed by atoms with Gasteiger partial charge in [0.25, 0.3) is 5.56 Å². The number of anilines is 1. The largest absolute Gasteiger partial charge is 0.492 e. The van der Waals surface area contributed by atoms with E-state index in [0.717, 1.165) is 38.9 Å². The van der Waals surface area contributed by atoms with Gasteiger partial charge in [-0.2, -0.15) is 0 Å². The standard InChI is InChI=1S/C22H25FN4O3S/c1-30-20-17-14(19(28)16-21(29)25-31-22(16)27(17)13-4-5-13)8-15(23)18(20)26-7-6-11(10-26)9-24-12-2-3-12/h8,11-13,24H,2-7,9-10H2,1H3,(H,25,29). The third kappa shape index (κ3) is 3.09. The topological polar surface area (TPSA) is 79.4 Å². The van der Waals surface area contributed by atoms with E-state index >= 15 is 4.39 Å². The molecular weight excluding hydrogens is 419 g/mol. The Bertz CT molecular complexity index is 1300. The van der Waals surface area contributed by atoms with Crippen molar-refractivity contribution in [2.75, 3.05) is 31.6 Å². The number of nitrogens with one attached hydrogen (secondary N) is 2. The molecule has 1 unspecified atom stereocenters. The summed E-state index contributed by atoms with van der Waals surface area (Å²) in [5.74, 6) is 0.395. The highest BCUT2D eigenvalue weighted by molar-refractivity contribution is 7.12. The average Bonchev–Trinajstić information content (AvgIpc) is 3.68. The summed E-state index contributed by atoms with van der Waals surface area (Å²) in [5.41, 5.74) is 0.199. The maximum atomic E-state index is 15.5. The molecular formula is C22H25FN4O3S. The van der Waals surface area contributed by atoms with Crippen LogP contribution in [-0.4, -0.2) is 41.7 Å². The number of halogens is 1. The normalized spacial score (nSPS) is 21.5. The Labute approximate surface area is 181 Å². The van der Waals surface area contributed by atoms with Crippen molar-refractivity contribution in [1.82, 2.24) is 14.3 Å². The number of ether oxygens (including phenoxy) is 1. The van der Waals surface area contributed by atoms with Gasteiger partial charge in [0.05, 0.1) is 18.0 Å². The first-order valence-electron chi connectivity index (χ1n) is 11.0. The summed E-state index contributed by atoms with van der Waals surface area (Å²) in [4.78, 5) is 28.1. The lowest BCUT2D eigenvalue weighted by molar-refractivity contribution is 0.413. The summed E-state index contributed by atoms with van der Waals surface area (Å²) in [5, 5.41) is 3.91. The van der Waals surface area contributed by atoms with Gasteiger partial charge in [-0.15, -0.1) is 0 Å². The molecule has 2 aliphatic carbocycles. The molecule has 2 aromatic heterocycles. The maximum absolute atomic E-state index is 15.5.